The normalized spacial score (nSPS) is 21.9. The SMILES string of the molecule is O=C1OC([N+](=O)[O-])c2ccc1cc2.O=CC1(O)CCNCC1. The number of hydrogen-bond donors (Lipinski definition) is 2. The van der Waals surface area contributed by atoms with Crippen LogP contribution in [-0.2, 0) is 9.53 Å². The van der Waals surface area contributed by atoms with E-state index in [9.17, 15) is 24.8 Å². The Kier molecular flexibility index (Phi) is 4.84. The Morgan fingerprint density at radius 3 is 2.36 bits per heavy atom. The molecule has 8 nitrogen and oxygen atoms in total. The van der Waals surface area contributed by atoms with Crippen molar-refractivity contribution in [3.05, 3.63) is 45.5 Å². The topological polar surface area (TPSA) is 119 Å². The molecule has 1 aromatic carbocycles. The molecular weight excluding hydrogens is 292 g/mol. The van der Waals surface area contributed by atoms with Crippen LogP contribution in [0.4, 0.5) is 0 Å². The molecule has 1 saturated heterocycles. The molecule has 0 amide bonds. The number of fused-ring (bicyclic) bond motifs is 4. The van der Waals surface area contributed by atoms with Gasteiger partial charge in [-0.3, -0.25) is 10.1 Å². The van der Waals surface area contributed by atoms with Crippen LogP contribution in [0, 0.1) is 10.1 Å². The van der Waals surface area contributed by atoms with E-state index in [1.54, 1.807) is 0 Å². The van der Waals surface area contributed by atoms with Crippen LogP contribution in [0.15, 0.2) is 24.3 Å². The Labute approximate surface area is 126 Å². The number of esters is 1. The molecule has 3 aliphatic heterocycles. The van der Waals surface area contributed by atoms with Gasteiger partial charge in [-0.05, 0) is 50.2 Å². The van der Waals surface area contributed by atoms with Crippen molar-refractivity contribution in [2.75, 3.05) is 13.1 Å². The fourth-order valence-electron chi connectivity index (χ4n) is 2.16. The molecule has 1 fully saturated rings. The summed E-state index contributed by atoms with van der Waals surface area (Å²) in [5.41, 5.74) is -0.293. The molecule has 2 bridgehead atoms. The summed E-state index contributed by atoms with van der Waals surface area (Å²) in [5, 5.41) is 22.8. The minimum absolute atomic E-state index is 0.341. The van der Waals surface area contributed by atoms with Crippen LogP contribution in [0.25, 0.3) is 0 Å². The van der Waals surface area contributed by atoms with Gasteiger partial charge in [0.1, 0.15) is 5.60 Å². The molecule has 3 aliphatic rings. The van der Waals surface area contributed by atoms with Gasteiger partial charge in [-0.1, -0.05) is 0 Å². The van der Waals surface area contributed by atoms with Crippen molar-refractivity contribution in [3.63, 3.8) is 0 Å². The highest BCUT2D eigenvalue weighted by atomic mass is 16.7. The van der Waals surface area contributed by atoms with Crippen molar-refractivity contribution < 1.29 is 24.4 Å². The standard InChI is InChI=1S/C8H5NO4.C6H11NO2/c10-8-6-3-1-5(2-4-6)7(13-8)9(11)12;8-5-6(9)1-3-7-4-2-6/h1-4,7H;5,7,9H,1-4H2. The summed E-state index contributed by atoms with van der Waals surface area (Å²) < 4.78 is 4.62. The Hall–Kier alpha value is -2.32. The van der Waals surface area contributed by atoms with Gasteiger partial charge in [-0.25, -0.2) is 4.79 Å². The molecule has 22 heavy (non-hydrogen) atoms. The molecule has 118 valence electrons. The summed E-state index contributed by atoms with van der Waals surface area (Å²) in [6, 6.07) is 6.07. The highest BCUT2D eigenvalue weighted by molar-refractivity contribution is 5.90. The lowest BCUT2D eigenvalue weighted by Crippen LogP contribution is -2.42. The maximum atomic E-state index is 11.1. The number of carbonyl (C=O) groups excluding carboxylic acids is 2. The van der Waals surface area contributed by atoms with Crippen molar-refractivity contribution in [2.45, 2.75) is 24.7 Å². The van der Waals surface area contributed by atoms with E-state index in [2.05, 4.69) is 10.1 Å². The van der Waals surface area contributed by atoms with Gasteiger partial charge in [0, 0.05) is 0 Å². The largest absolute Gasteiger partial charge is 0.390 e. The molecule has 3 heterocycles. The maximum absolute atomic E-state index is 11.1. The van der Waals surface area contributed by atoms with Crippen molar-refractivity contribution in [1.29, 1.82) is 0 Å². The zero-order chi connectivity index (χ0) is 16.2. The molecule has 1 atom stereocenters. The summed E-state index contributed by atoms with van der Waals surface area (Å²) in [6.07, 6.45) is 0.390. The van der Waals surface area contributed by atoms with Crippen molar-refractivity contribution in [2.24, 2.45) is 0 Å². The first-order chi connectivity index (χ1) is 10.4. The van der Waals surface area contributed by atoms with Crippen LogP contribution in [-0.4, -0.2) is 41.0 Å². The van der Waals surface area contributed by atoms with Crippen molar-refractivity contribution in [3.8, 4) is 0 Å². The number of nitrogens with one attached hydrogen (secondary N) is 1. The van der Waals surface area contributed by atoms with E-state index in [4.69, 9.17) is 0 Å². The van der Waals surface area contributed by atoms with Crippen LogP contribution in [0.5, 0.6) is 0 Å². The average molecular weight is 308 g/mol. The van der Waals surface area contributed by atoms with E-state index in [0.29, 0.717) is 30.3 Å². The van der Waals surface area contributed by atoms with Crippen molar-refractivity contribution in [1.82, 2.24) is 5.32 Å². The second-order valence-corrected chi connectivity index (χ2v) is 5.14. The van der Waals surface area contributed by atoms with Gasteiger partial charge in [-0.2, -0.15) is 0 Å². The molecule has 4 rings (SSSR count). The third kappa shape index (κ3) is 3.66. The molecule has 0 spiro atoms. The summed E-state index contributed by atoms with van der Waals surface area (Å²) in [5.74, 6) is -0.651. The minimum atomic E-state index is -1.36. The van der Waals surface area contributed by atoms with E-state index in [1.165, 1.54) is 24.3 Å². The van der Waals surface area contributed by atoms with Crippen LogP contribution in [0.1, 0.15) is 35.0 Å². The van der Waals surface area contributed by atoms with Crippen LogP contribution in [0.2, 0.25) is 0 Å². The molecule has 0 saturated carbocycles. The monoisotopic (exact) mass is 308 g/mol. The predicted octanol–water partition coefficient (Wildman–Crippen LogP) is 0.432. The van der Waals surface area contributed by atoms with E-state index >= 15 is 0 Å². The second kappa shape index (κ2) is 6.63. The van der Waals surface area contributed by atoms with E-state index in [0.717, 1.165) is 13.1 Å². The van der Waals surface area contributed by atoms with E-state index in [-0.39, 0.29) is 0 Å². The molecule has 0 aliphatic carbocycles. The third-order valence-electron chi connectivity index (χ3n) is 3.53. The Morgan fingerprint density at radius 2 is 1.91 bits per heavy atom. The highest BCUT2D eigenvalue weighted by Gasteiger charge is 2.31. The van der Waals surface area contributed by atoms with Gasteiger partial charge in [0.2, 0.25) is 0 Å². The minimum Gasteiger partial charge on any atom is -0.390 e. The molecule has 0 aromatic heterocycles. The highest BCUT2D eigenvalue weighted by Crippen LogP contribution is 2.24. The van der Waals surface area contributed by atoms with Gasteiger partial charge in [0.15, 0.2) is 6.29 Å². The summed E-state index contributed by atoms with van der Waals surface area (Å²) in [6.45, 7) is 1.49. The number of aldehydes is 1. The van der Waals surface area contributed by atoms with Crippen LogP contribution < -0.4 is 5.32 Å². The zero-order valence-electron chi connectivity index (χ0n) is 11.7. The third-order valence-corrected chi connectivity index (χ3v) is 3.53. The summed E-state index contributed by atoms with van der Waals surface area (Å²) in [4.78, 5) is 31.2. The maximum Gasteiger partial charge on any atom is 0.383 e. The molecule has 1 aromatic rings. The molecule has 8 heteroatoms. The van der Waals surface area contributed by atoms with Crippen molar-refractivity contribution >= 4 is 12.3 Å². The Bertz CT molecular complexity index is 565. The lowest BCUT2D eigenvalue weighted by atomic mass is 9.95. The van der Waals surface area contributed by atoms with E-state index < -0.39 is 22.7 Å². The molecule has 1 unspecified atom stereocenters. The first-order valence-corrected chi connectivity index (χ1v) is 6.79. The number of ether oxygens (including phenoxy) is 1. The van der Waals surface area contributed by atoms with E-state index in [1.807, 2.05) is 0 Å². The molecule has 2 N–H and O–H groups in total. The Balaban J connectivity index is 0.000000172. The predicted molar refractivity (Wildman–Crippen MR) is 74.7 cm³/mol. The van der Waals surface area contributed by atoms with Crippen LogP contribution in [0.3, 0.4) is 0 Å². The number of hydrogen-bond acceptors (Lipinski definition) is 7. The lowest BCUT2D eigenvalue weighted by molar-refractivity contribution is -0.574. The van der Waals surface area contributed by atoms with Gasteiger partial charge < -0.3 is 20.0 Å². The number of aliphatic hydroxyl groups is 1. The number of nitro groups is 1. The Morgan fingerprint density at radius 1 is 1.32 bits per heavy atom. The summed E-state index contributed by atoms with van der Waals surface area (Å²) in [7, 11) is 0. The van der Waals surface area contributed by atoms with Gasteiger partial charge in [0.05, 0.1) is 16.1 Å². The first-order valence-electron chi connectivity index (χ1n) is 6.79. The first kappa shape index (κ1) is 16.1. The quantitative estimate of drug-likeness (QED) is 0.352. The molecule has 0 radical (unpaired) electrons. The van der Waals surface area contributed by atoms with Gasteiger partial charge in [-0.15, -0.1) is 0 Å². The van der Waals surface area contributed by atoms with Gasteiger partial charge >= 0.3 is 12.2 Å². The number of carbonyl (C=O) groups is 2. The van der Waals surface area contributed by atoms with Gasteiger partial charge in [0.25, 0.3) is 0 Å². The zero-order valence-corrected chi connectivity index (χ0v) is 11.7. The second-order valence-electron chi connectivity index (χ2n) is 5.14. The average Bonchev–Trinajstić information content (AvgIpc) is 2.78. The number of nitrogens with zero attached hydrogens (tertiary/aromatic N) is 1. The number of piperidine rings is 1. The number of benzene rings is 1. The number of rotatable bonds is 2. The fraction of sp³-hybridized carbons (Fsp3) is 0.429. The summed E-state index contributed by atoms with van der Waals surface area (Å²) >= 11 is 0. The fourth-order valence-corrected chi connectivity index (χ4v) is 2.16. The smallest absolute Gasteiger partial charge is 0.383 e. The van der Waals surface area contributed by atoms with Crippen LogP contribution >= 0.6 is 0 Å². The lowest BCUT2D eigenvalue weighted by Gasteiger charge is -2.26. The molecular formula is C14H16N2O6.